The molecule has 2 atom stereocenters. The van der Waals surface area contributed by atoms with Crippen LogP contribution in [0.3, 0.4) is 0 Å². The molecule has 0 saturated heterocycles. The summed E-state index contributed by atoms with van der Waals surface area (Å²) < 4.78 is 1.85. The number of aldehydes is 1. The van der Waals surface area contributed by atoms with Crippen molar-refractivity contribution in [3.8, 4) is 0 Å². The predicted molar refractivity (Wildman–Crippen MR) is 57.7 cm³/mol. The van der Waals surface area contributed by atoms with Crippen LogP contribution in [0.5, 0.6) is 0 Å². The van der Waals surface area contributed by atoms with E-state index < -0.39 is 0 Å². The van der Waals surface area contributed by atoms with Gasteiger partial charge < -0.3 is 5.73 Å². The van der Waals surface area contributed by atoms with Gasteiger partial charge in [0.05, 0.1) is 6.04 Å². The Morgan fingerprint density at radius 2 is 2.33 bits per heavy atom. The second-order valence-corrected chi connectivity index (χ2v) is 4.17. The minimum Gasteiger partial charge on any atom is -0.330 e. The van der Waals surface area contributed by atoms with E-state index in [4.69, 9.17) is 5.73 Å². The summed E-state index contributed by atoms with van der Waals surface area (Å²) in [7, 11) is 0. The van der Waals surface area contributed by atoms with Crippen LogP contribution in [0.1, 0.15) is 42.2 Å². The second kappa shape index (κ2) is 4.57. The molecule has 0 aliphatic heterocycles. The molecule has 1 aromatic heterocycles. The van der Waals surface area contributed by atoms with E-state index in [1.807, 2.05) is 4.68 Å². The molecule has 4 nitrogen and oxygen atoms in total. The number of aromatic nitrogens is 2. The maximum absolute atomic E-state index is 10.8. The van der Waals surface area contributed by atoms with Gasteiger partial charge >= 0.3 is 0 Å². The monoisotopic (exact) mass is 207 g/mol. The minimum absolute atomic E-state index is 0.318. The summed E-state index contributed by atoms with van der Waals surface area (Å²) in [4.78, 5) is 10.8. The lowest BCUT2D eigenvalue weighted by Crippen LogP contribution is -2.30. The summed E-state index contributed by atoms with van der Waals surface area (Å²) >= 11 is 0. The van der Waals surface area contributed by atoms with Crippen LogP contribution in [0.15, 0.2) is 12.3 Å². The van der Waals surface area contributed by atoms with Gasteiger partial charge in [-0.3, -0.25) is 9.48 Å². The molecule has 1 saturated carbocycles. The highest BCUT2D eigenvalue weighted by Gasteiger charge is 2.27. The molecule has 1 aliphatic rings. The Hall–Kier alpha value is -1.16. The standard InChI is InChI=1S/C11H17N3O/c12-7-9-3-1-2-4-11(9)14-10(8-15)5-6-13-14/h5-6,8-9,11H,1-4,7,12H2. The lowest BCUT2D eigenvalue weighted by atomic mass is 9.84. The Bertz CT molecular complexity index is 334. The molecule has 1 fully saturated rings. The van der Waals surface area contributed by atoms with Crippen LogP contribution in [0, 0.1) is 5.92 Å². The molecule has 0 spiro atoms. The molecule has 0 bridgehead atoms. The van der Waals surface area contributed by atoms with Crippen molar-refractivity contribution in [1.29, 1.82) is 0 Å². The number of hydrogen-bond acceptors (Lipinski definition) is 3. The van der Waals surface area contributed by atoms with Crippen molar-refractivity contribution in [3.63, 3.8) is 0 Å². The molecule has 4 heteroatoms. The van der Waals surface area contributed by atoms with Crippen molar-refractivity contribution >= 4 is 6.29 Å². The summed E-state index contributed by atoms with van der Waals surface area (Å²) in [5, 5.41) is 4.24. The van der Waals surface area contributed by atoms with Crippen LogP contribution >= 0.6 is 0 Å². The van der Waals surface area contributed by atoms with Gasteiger partial charge in [-0.15, -0.1) is 0 Å². The Kier molecular flexibility index (Phi) is 3.16. The van der Waals surface area contributed by atoms with E-state index in [1.165, 1.54) is 12.8 Å². The van der Waals surface area contributed by atoms with Gasteiger partial charge in [0.15, 0.2) is 6.29 Å². The van der Waals surface area contributed by atoms with E-state index in [-0.39, 0.29) is 0 Å². The number of carbonyl (C=O) groups is 1. The fourth-order valence-electron chi connectivity index (χ4n) is 2.48. The van der Waals surface area contributed by atoms with Crippen LogP contribution in [-0.4, -0.2) is 22.6 Å². The van der Waals surface area contributed by atoms with E-state index in [0.717, 1.165) is 19.1 Å². The summed E-state index contributed by atoms with van der Waals surface area (Å²) in [6, 6.07) is 2.08. The summed E-state index contributed by atoms with van der Waals surface area (Å²) in [6.07, 6.45) is 7.25. The van der Waals surface area contributed by atoms with Crippen molar-refractivity contribution in [3.05, 3.63) is 18.0 Å². The average molecular weight is 207 g/mol. The quantitative estimate of drug-likeness (QED) is 0.762. The molecule has 0 amide bonds. The van der Waals surface area contributed by atoms with E-state index in [9.17, 15) is 4.79 Å². The zero-order chi connectivity index (χ0) is 10.7. The molecule has 1 aliphatic carbocycles. The fraction of sp³-hybridized carbons (Fsp3) is 0.636. The molecule has 2 unspecified atom stereocenters. The van der Waals surface area contributed by atoms with Gasteiger partial charge in [0.1, 0.15) is 5.69 Å². The minimum atomic E-state index is 0.318. The number of nitrogens with zero attached hydrogens (tertiary/aromatic N) is 2. The van der Waals surface area contributed by atoms with Crippen molar-refractivity contribution in [1.82, 2.24) is 9.78 Å². The van der Waals surface area contributed by atoms with E-state index in [1.54, 1.807) is 12.3 Å². The van der Waals surface area contributed by atoms with Crippen molar-refractivity contribution in [2.75, 3.05) is 6.54 Å². The SMILES string of the molecule is NCC1CCCCC1n1nccc1C=O. The van der Waals surface area contributed by atoms with E-state index >= 15 is 0 Å². The highest BCUT2D eigenvalue weighted by molar-refractivity contribution is 5.71. The summed E-state index contributed by atoms with van der Waals surface area (Å²) in [5.41, 5.74) is 6.43. The Morgan fingerprint density at radius 1 is 1.53 bits per heavy atom. The first kappa shape index (κ1) is 10.4. The molecule has 15 heavy (non-hydrogen) atoms. The zero-order valence-corrected chi connectivity index (χ0v) is 8.80. The lowest BCUT2D eigenvalue weighted by Gasteiger charge is -2.31. The lowest BCUT2D eigenvalue weighted by molar-refractivity contribution is 0.110. The van der Waals surface area contributed by atoms with E-state index in [0.29, 0.717) is 24.2 Å². The fourth-order valence-corrected chi connectivity index (χ4v) is 2.48. The van der Waals surface area contributed by atoms with Gasteiger partial charge in [0.2, 0.25) is 0 Å². The van der Waals surface area contributed by atoms with Crippen LogP contribution in [0.2, 0.25) is 0 Å². The van der Waals surface area contributed by atoms with Crippen molar-refractivity contribution in [2.24, 2.45) is 11.7 Å². The van der Waals surface area contributed by atoms with Gasteiger partial charge in [-0.05, 0) is 31.4 Å². The predicted octanol–water partition coefficient (Wildman–Crippen LogP) is 1.39. The van der Waals surface area contributed by atoms with E-state index in [2.05, 4.69) is 5.10 Å². The smallest absolute Gasteiger partial charge is 0.168 e. The molecular weight excluding hydrogens is 190 g/mol. The number of nitrogens with two attached hydrogens (primary N) is 1. The maximum Gasteiger partial charge on any atom is 0.168 e. The largest absolute Gasteiger partial charge is 0.330 e. The maximum atomic E-state index is 10.8. The number of rotatable bonds is 3. The summed E-state index contributed by atoms with van der Waals surface area (Å²) in [6.45, 7) is 0.683. The third-order valence-electron chi connectivity index (χ3n) is 3.31. The van der Waals surface area contributed by atoms with Gasteiger partial charge in [0.25, 0.3) is 0 Å². The molecule has 2 N–H and O–H groups in total. The first-order valence-corrected chi connectivity index (χ1v) is 5.55. The molecule has 2 rings (SSSR count). The average Bonchev–Trinajstić information content (AvgIpc) is 2.76. The van der Waals surface area contributed by atoms with Crippen LogP contribution in [0.4, 0.5) is 0 Å². The summed E-state index contributed by atoms with van der Waals surface area (Å²) in [5.74, 6) is 0.470. The highest BCUT2D eigenvalue weighted by Crippen LogP contribution is 2.33. The zero-order valence-electron chi connectivity index (χ0n) is 8.80. The van der Waals surface area contributed by atoms with Gasteiger partial charge in [-0.2, -0.15) is 5.10 Å². The second-order valence-electron chi connectivity index (χ2n) is 4.17. The molecular formula is C11H17N3O. The van der Waals surface area contributed by atoms with Gasteiger partial charge in [0, 0.05) is 6.20 Å². The Morgan fingerprint density at radius 3 is 3.07 bits per heavy atom. The number of carbonyl (C=O) groups excluding carboxylic acids is 1. The molecule has 0 radical (unpaired) electrons. The van der Waals surface area contributed by atoms with Crippen molar-refractivity contribution in [2.45, 2.75) is 31.7 Å². The highest BCUT2D eigenvalue weighted by atomic mass is 16.1. The van der Waals surface area contributed by atoms with Crippen molar-refractivity contribution < 1.29 is 4.79 Å². The van der Waals surface area contributed by atoms with Gasteiger partial charge in [-0.25, -0.2) is 0 Å². The first-order valence-electron chi connectivity index (χ1n) is 5.55. The Labute approximate surface area is 89.5 Å². The van der Waals surface area contributed by atoms with Crippen LogP contribution in [-0.2, 0) is 0 Å². The van der Waals surface area contributed by atoms with Crippen LogP contribution < -0.4 is 5.73 Å². The van der Waals surface area contributed by atoms with Crippen LogP contribution in [0.25, 0.3) is 0 Å². The van der Waals surface area contributed by atoms with Gasteiger partial charge in [-0.1, -0.05) is 12.8 Å². The molecule has 1 heterocycles. The molecule has 82 valence electrons. The molecule has 1 aromatic rings. The third kappa shape index (κ3) is 1.95. The topological polar surface area (TPSA) is 60.9 Å². The third-order valence-corrected chi connectivity index (χ3v) is 3.31. The first-order chi connectivity index (χ1) is 7.36. The normalized spacial score (nSPS) is 26.5. The molecule has 0 aromatic carbocycles. The number of hydrogen-bond donors (Lipinski definition) is 1. The Balaban J connectivity index is 2.23.